The monoisotopic (exact) mass is 193 g/mol. The second-order valence-electron chi connectivity index (χ2n) is 3.43. The quantitative estimate of drug-likeness (QED) is 0.683. The molecule has 0 amide bonds. The molecule has 0 aliphatic carbocycles. The van der Waals surface area contributed by atoms with Gasteiger partial charge in [-0.05, 0) is 18.6 Å². The molecule has 0 aliphatic rings. The van der Waals surface area contributed by atoms with Gasteiger partial charge < -0.3 is 11.1 Å². The molecule has 1 rings (SSSR count). The lowest BCUT2D eigenvalue weighted by Gasteiger charge is -2.06. The molecule has 0 aromatic carbocycles. The van der Waals surface area contributed by atoms with Gasteiger partial charge in [0.05, 0.1) is 5.69 Å². The van der Waals surface area contributed by atoms with Crippen LogP contribution >= 0.6 is 0 Å². The van der Waals surface area contributed by atoms with Crippen molar-refractivity contribution in [3.8, 4) is 0 Å². The van der Waals surface area contributed by atoms with Crippen LogP contribution in [0.3, 0.4) is 0 Å². The summed E-state index contributed by atoms with van der Waals surface area (Å²) in [7, 11) is 0. The third-order valence-electron chi connectivity index (χ3n) is 2.16. The Morgan fingerprint density at radius 2 is 2.21 bits per heavy atom. The lowest BCUT2D eigenvalue weighted by Crippen LogP contribution is -2.05. The predicted octanol–water partition coefficient (Wildman–Crippen LogP) is 2.66. The Hall–Kier alpha value is -1.25. The van der Waals surface area contributed by atoms with E-state index >= 15 is 0 Å². The molecule has 3 heteroatoms. The molecule has 1 aromatic rings. The van der Waals surface area contributed by atoms with Crippen LogP contribution in [-0.4, -0.2) is 11.5 Å². The van der Waals surface area contributed by atoms with Crippen molar-refractivity contribution >= 4 is 11.5 Å². The normalized spacial score (nSPS) is 10.1. The molecule has 14 heavy (non-hydrogen) atoms. The van der Waals surface area contributed by atoms with E-state index < -0.39 is 0 Å². The zero-order valence-electron chi connectivity index (χ0n) is 8.79. The lowest BCUT2D eigenvalue weighted by atomic mass is 10.2. The van der Waals surface area contributed by atoms with Crippen molar-refractivity contribution in [2.45, 2.75) is 32.6 Å². The highest BCUT2D eigenvalue weighted by atomic mass is 15.0. The van der Waals surface area contributed by atoms with Gasteiger partial charge in [0.25, 0.3) is 0 Å². The minimum atomic E-state index is 0.725. The van der Waals surface area contributed by atoms with Gasteiger partial charge in [-0.1, -0.05) is 26.2 Å². The van der Waals surface area contributed by atoms with Crippen LogP contribution < -0.4 is 11.1 Å². The summed E-state index contributed by atoms with van der Waals surface area (Å²) in [6.07, 6.45) is 6.79. The molecule has 0 saturated carbocycles. The van der Waals surface area contributed by atoms with Gasteiger partial charge in [-0.2, -0.15) is 0 Å². The number of rotatable bonds is 6. The van der Waals surface area contributed by atoms with Crippen molar-refractivity contribution in [1.82, 2.24) is 4.98 Å². The van der Waals surface area contributed by atoms with E-state index in [1.807, 2.05) is 12.1 Å². The maximum atomic E-state index is 5.74. The van der Waals surface area contributed by atoms with Gasteiger partial charge in [0, 0.05) is 12.7 Å². The number of nitrogens with two attached hydrogens (primary N) is 1. The molecule has 3 N–H and O–H groups in total. The summed E-state index contributed by atoms with van der Waals surface area (Å²) in [4.78, 5) is 4.16. The molecule has 1 heterocycles. The molecule has 1 aromatic heterocycles. The Morgan fingerprint density at radius 1 is 1.36 bits per heavy atom. The number of nitrogen functional groups attached to an aromatic ring is 1. The molecular formula is C11H19N3. The Labute approximate surface area is 85.7 Å². The highest BCUT2D eigenvalue weighted by Crippen LogP contribution is 2.12. The second-order valence-corrected chi connectivity index (χ2v) is 3.43. The zero-order chi connectivity index (χ0) is 10.2. The first-order valence-corrected chi connectivity index (χ1v) is 5.29. The molecule has 0 unspecified atom stereocenters. The predicted molar refractivity (Wildman–Crippen MR) is 61.3 cm³/mol. The third-order valence-corrected chi connectivity index (χ3v) is 2.16. The highest BCUT2D eigenvalue weighted by Gasteiger charge is 1.96. The van der Waals surface area contributed by atoms with Crippen molar-refractivity contribution < 1.29 is 0 Å². The Kier molecular flexibility index (Phi) is 4.83. The largest absolute Gasteiger partial charge is 0.396 e. The van der Waals surface area contributed by atoms with Crippen LogP contribution in [0.4, 0.5) is 11.5 Å². The van der Waals surface area contributed by atoms with Gasteiger partial charge in [-0.15, -0.1) is 0 Å². The van der Waals surface area contributed by atoms with E-state index in [2.05, 4.69) is 17.2 Å². The minimum Gasteiger partial charge on any atom is -0.396 e. The van der Waals surface area contributed by atoms with Gasteiger partial charge in [0.1, 0.15) is 5.82 Å². The first-order valence-electron chi connectivity index (χ1n) is 5.29. The van der Waals surface area contributed by atoms with E-state index in [0.29, 0.717) is 0 Å². The topological polar surface area (TPSA) is 50.9 Å². The number of aromatic nitrogens is 1. The fourth-order valence-corrected chi connectivity index (χ4v) is 1.32. The van der Waals surface area contributed by atoms with Crippen LogP contribution in [0.15, 0.2) is 18.3 Å². The van der Waals surface area contributed by atoms with Crippen LogP contribution in [0.5, 0.6) is 0 Å². The van der Waals surface area contributed by atoms with Gasteiger partial charge in [-0.25, -0.2) is 4.98 Å². The average molecular weight is 193 g/mol. The summed E-state index contributed by atoms with van der Waals surface area (Å²) >= 11 is 0. The summed E-state index contributed by atoms with van der Waals surface area (Å²) in [6.45, 7) is 3.17. The van der Waals surface area contributed by atoms with E-state index in [4.69, 9.17) is 5.73 Å². The van der Waals surface area contributed by atoms with Gasteiger partial charge in [0.2, 0.25) is 0 Å². The average Bonchev–Trinajstić information content (AvgIpc) is 2.20. The Balaban J connectivity index is 2.21. The van der Waals surface area contributed by atoms with Crippen molar-refractivity contribution in [2.24, 2.45) is 0 Å². The molecule has 0 saturated heterocycles. The molecule has 0 aliphatic heterocycles. The Bertz CT molecular complexity index is 260. The molecule has 3 nitrogen and oxygen atoms in total. The van der Waals surface area contributed by atoms with Crippen molar-refractivity contribution in [3.63, 3.8) is 0 Å². The lowest BCUT2D eigenvalue weighted by molar-refractivity contribution is 0.684. The SMILES string of the molecule is CCCCCCNc1ncccc1N. The number of pyridine rings is 1. The van der Waals surface area contributed by atoms with E-state index in [9.17, 15) is 0 Å². The van der Waals surface area contributed by atoms with Gasteiger partial charge in [0.15, 0.2) is 0 Å². The summed E-state index contributed by atoms with van der Waals surface area (Å²) in [5.41, 5.74) is 6.46. The molecule has 0 fully saturated rings. The number of nitrogens with one attached hydrogen (secondary N) is 1. The van der Waals surface area contributed by atoms with E-state index in [1.165, 1.54) is 25.7 Å². The number of anilines is 2. The van der Waals surface area contributed by atoms with E-state index in [1.54, 1.807) is 6.20 Å². The fourth-order valence-electron chi connectivity index (χ4n) is 1.32. The first kappa shape index (κ1) is 10.8. The minimum absolute atomic E-state index is 0.725. The summed E-state index contributed by atoms with van der Waals surface area (Å²) < 4.78 is 0. The number of nitrogens with zero attached hydrogens (tertiary/aromatic N) is 1. The summed E-state index contributed by atoms with van der Waals surface area (Å²) in [5, 5.41) is 3.24. The number of hydrogen-bond donors (Lipinski definition) is 2. The zero-order valence-corrected chi connectivity index (χ0v) is 8.79. The standard InChI is InChI=1S/C11H19N3/c1-2-3-4-5-8-13-11-10(12)7-6-9-14-11/h6-7,9H,2-5,8,12H2,1H3,(H,13,14). The van der Waals surface area contributed by atoms with Crippen molar-refractivity contribution in [2.75, 3.05) is 17.6 Å². The number of unbranched alkanes of at least 4 members (excludes halogenated alkanes) is 3. The third kappa shape index (κ3) is 3.64. The van der Waals surface area contributed by atoms with Crippen molar-refractivity contribution in [3.05, 3.63) is 18.3 Å². The van der Waals surface area contributed by atoms with Crippen LogP contribution in [0, 0.1) is 0 Å². The number of hydrogen-bond acceptors (Lipinski definition) is 3. The summed E-state index contributed by atoms with van der Waals surface area (Å²) in [5.74, 6) is 0.809. The molecule has 0 bridgehead atoms. The smallest absolute Gasteiger partial charge is 0.149 e. The Morgan fingerprint density at radius 3 is 2.93 bits per heavy atom. The van der Waals surface area contributed by atoms with E-state index in [0.717, 1.165) is 18.1 Å². The maximum Gasteiger partial charge on any atom is 0.149 e. The van der Waals surface area contributed by atoms with Crippen LogP contribution in [0.25, 0.3) is 0 Å². The second kappa shape index (κ2) is 6.24. The molecule has 0 spiro atoms. The van der Waals surface area contributed by atoms with Crippen LogP contribution in [-0.2, 0) is 0 Å². The first-order chi connectivity index (χ1) is 6.84. The van der Waals surface area contributed by atoms with Crippen molar-refractivity contribution in [1.29, 1.82) is 0 Å². The van der Waals surface area contributed by atoms with E-state index in [-0.39, 0.29) is 0 Å². The molecule has 0 radical (unpaired) electrons. The van der Waals surface area contributed by atoms with Gasteiger partial charge >= 0.3 is 0 Å². The molecular weight excluding hydrogens is 174 g/mol. The molecule has 78 valence electrons. The van der Waals surface area contributed by atoms with Crippen LogP contribution in [0.1, 0.15) is 32.6 Å². The van der Waals surface area contributed by atoms with Gasteiger partial charge in [-0.3, -0.25) is 0 Å². The summed E-state index contributed by atoms with van der Waals surface area (Å²) in [6, 6.07) is 3.71. The fraction of sp³-hybridized carbons (Fsp3) is 0.545. The molecule has 0 atom stereocenters. The maximum absolute atomic E-state index is 5.74. The highest BCUT2D eigenvalue weighted by molar-refractivity contribution is 5.60. The van der Waals surface area contributed by atoms with Crippen LogP contribution in [0.2, 0.25) is 0 Å².